The molecule has 2 aromatic carbocycles. The van der Waals surface area contributed by atoms with Gasteiger partial charge < -0.3 is 0 Å². The van der Waals surface area contributed by atoms with Gasteiger partial charge in [0.05, 0.1) is 0 Å². The Balaban J connectivity index is 1.82. The van der Waals surface area contributed by atoms with Crippen LogP contribution >= 0.6 is 0 Å². The second-order valence-electron chi connectivity index (χ2n) is 6.14. The molecule has 0 bridgehead atoms. The second-order valence-corrected chi connectivity index (χ2v) is 6.14. The van der Waals surface area contributed by atoms with Crippen molar-refractivity contribution in [2.45, 2.75) is 31.2 Å². The Morgan fingerprint density at radius 2 is 1.62 bits per heavy atom. The molecule has 4 rings (SSSR count). The molecule has 2 aliphatic carbocycles. The summed E-state index contributed by atoms with van der Waals surface area (Å²) in [7, 11) is 0. The van der Waals surface area contributed by atoms with Gasteiger partial charge in [-0.2, -0.15) is 0 Å². The van der Waals surface area contributed by atoms with E-state index in [1.54, 1.807) is 0 Å². The molecule has 3 heteroatoms. The van der Waals surface area contributed by atoms with Gasteiger partial charge in [-0.05, 0) is 41.9 Å². The molecule has 3 atom stereocenters. The summed E-state index contributed by atoms with van der Waals surface area (Å²) in [5.74, 6) is 0.421. The summed E-state index contributed by atoms with van der Waals surface area (Å²) in [6.45, 7) is 0. The van der Waals surface area contributed by atoms with Crippen molar-refractivity contribution in [1.29, 1.82) is 0 Å². The molecule has 0 saturated heterocycles. The highest BCUT2D eigenvalue weighted by molar-refractivity contribution is 5.41. The van der Waals surface area contributed by atoms with Crippen LogP contribution in [-0.2, 0) is 12.8 Å². The fourth-order valence-corrected chi connectivity index (χ4v) is 4.26. The summed E-state index contributed by atoms with van der Waals surface area (Å²) in [6, 6.07) is 15.8. The fraction of sp³-hybridized carbons (Fsp3) is 0.333. The van der Waals surface area contributed by atoms with Crippen LogP contribution in [-0.4, -0.2) is 4.92 Å². The lowest BCUT2D eigenvalue weighted by atomic mass is 9.86. The predicted octanol–water partition coefficient (Wildman–Crippen LogP) is 3.91. The van der Waals surface area contributed by atoms with Gasteiger partial charge in [0.15, 0.2) is 0 Å². The van der Waals surface area contributed by atoms with Crippen LogP contribution in [0.4, 0.5) is 0 Å². The number of benzene rings is 2. The molecule has 0 aliphatic heterocycles. The van der Waals surface area contributed by atoms with Crippen LogP contribution in [0.25, 0.3) is 0 Å². The van der Waals surface area contributed by atoms with E-state index in [4.69, 9.17) is 0 Å². The highest BCUT2D eigenvalue weighted by Crippen LogP contribution is 2.51. The maximum Gasteiger partial charge on any atom is 0.242 e. The van der Waals surface area contributed by atoms with Crippen molar-refractivity contribution < 1.29 is 4.92 Å². The van der Waals surface area contributed by atoms with Gasteiger partial charge >= 0.3 is 0 Å². The third kappa shape index (κ3) is 1.88. The largest absolute Gasteiger partial charge is 0.264 e. The van der Waals surface area contributed by atoms with Gasteiger partial charge in [0.25, 0.3) is 0 Å². The molecule has 3 unspecified atom stereocenters. The van der Waals surface area contributed by atoms with Gasteiger partial charge in [0, 0.05) is 16.4 Å². The summed E-state index contributed by atoms with van der Waals surface area (Å²) in [5, 5.41) is 11.6. The van der Waals surface area contributed by atoms with Crippen molar-refractivity contribution in [2.75, 3.05) is 0 Å². The van der Waals surface area contributed by atoms with Gasteiger partial charge in [-0.1, -0.05) is 48.5 Å². The van der Waals surface area contributed by atoms with Crippen molar-refractivity contribution >= 4 is 0 Å². The summed E-state index contributed by atoms with van der Waals surface area (Å²) in [6.07, 6.45) is 2.86. The summed E-state index contributed by atoms with van der Waals surface area (Å²) >= 11 is 0. The molecule has 0 saturated carbocycles. The average Bonchev–Trinajstić information content (AvgIpc) is 2.67. The SMILES string of the molecule is O=[N+]([O-])C1c2ccccc2C2CCc3ccccc3CC21. The number of fused-ring (bicyclic) bond motifs is 4. The third-order valence-corrected chi connectivity index (χ3v) is 5.16. The van der Waals surface area contributed by atoms with Crippen LogP contribution in [0.3, 0.4) is 0 Å². The van der Waals surface area contributed by atoms with Crippen molar-refractivity contribution in [3.05, 3.63) is 80.9 Å². The lowest BCUT2D eigenvalue weighted by molar-refractivity contribution is -0.537. The van der Waals surface area contributed by atoms with E-state index in [2.05, 4.69) is 24.3 Å². The lowest BCUT2D eigenvalue weighted by Gasteiger charge is -2.18. The summed E-state index contributed by atoms with van der Waals surface area (Å²) in [4.78, 5) is 11.6. The van der Waals surface area contributed by atoms with E-state index in [-0.39, 0.29) is 10.8 Å². The normalized spacial score (nSPS) is 26.4. The molecule has 0 heterocycles. The monoisotopic (exact) mass is 279 g/mol. The fourth-order valence-electron chi connectivity index (χ4n) is 4.26. The Morgan fingerprint density at radius 1 is 0.952 bits per heavy atom. The van der Waals surface area contributed by atoms with E-state index in [1.165, 1.54) is 16.7 Å². The molecule has 0 aromatic heterocycles. The van der Waals surface area contributed by atoms with Crippen molar-refractivity contribution in [2.24, 2.45) is 5.92 Å². The Kier molecular flexibility index (Phi) is 2.81. The smallest absolute Gasteiger partial charge is 0.242 e. The highest BCUT2D eigenvalue weighted by atomic mass is 16.6. The van der Waals surface area contributed by atoms with Crippen LogP contribution in [0.5, 0.6) is 0 Å². The standard InChI is InChI=1S/C18H17NO2/c20-19(21)18-16-8-4-3-7-14(16)15-10-9-12-5-1-2-6-13(12)11-17(15)18/h1-8,15,17-18H,9-11H2. The van der Waals surface area contributed by atoms with Gasteiger partial charge in [-0.25, -0.2) is 0 Å². The van der Waals surface area contributed by atoms with Gasteiger partial charge in [-0.3, -0.25) is 10.1 Å². The summed E-state index contributed by atoms with van der Waals surface area (Å²) in [5.41, 5.74) is 4.81. The third-order valence-electron chi connectivity index (χ3n) is 5.16. The number of nitro groups is 1. The van der Waals surface area contributed by atoms with Crippen molar-refractivity contribution in [3.8, 4) is 0 Å². The van der Waals surface area contributed by atoms with Gasteiger partial charge in [0.1, 0.15) is 0 Å². The Labute approximate surface area is 123 Å². The van der Waals surface area contributed by atoms with E-state index >= 15 is 0 Å². The zero-order valence-electron chi connectivity index (χ0n) is 11.7. The first-order chi connectivity index (χ1) is 10.3. The minimum atomic E-state index is -0.544. The predicted molar refractivity (Wildman–Crippen MR) is 80.9 cm³/mol. The molecule has 2 aliphatic rings. The van der Waals surface area contributed by atoms with E-state index in [9.17, 15) is 10.1 Å². The first-order valence-corrected chi connectivity index (χ1v) is 7.55. The molecule has 0 N–H and O–H groups in total. The molecule has 0 amide bonds. The number of rotatable bonds is 1. The quantitative estimate of drug-likeness (QED) is 0.587. The molecule has 0 fully saturated rings. The van der Waals surface area contributed by atoms with E-state index in [1.807, 2.05) is 24.3 Å². The Hall–Kier alpha value is -2.16. The topological polar surface area (TPSA) is 43.1 Å². The number of hydrogen-bond donors (Lipinski definition) is 0. The maximum absolute atomic E-state index is 11.6. The lowest BCUT2D eigenvalue weighted by Crippen LogP contribution is -2.20. The molecule has 0 radical (unpaired) electrons. The molecule has 2 aromatic rings. The highest BCUT2D eigenvalue weighted by Gasteiger charge is 2.48. The molecule has 0 spiro atoms. The minimum absolute atomic E-state index is 0.0720. The Bertz CT molecular complexity index is 710. The average molecular weight is 279 g/mol. The van der Waals surface area contributed by atoms with Crippen LogP contribution in [0.2, 0.25) is 0 Å². The zero-order valence-corrected chi connectivity index (χ0v) is 11.7. The number of aryl methyl sites for hydroxylation is 1. The molecule has 21 heavy (non-hydrogen) atoms. The molecular weight excluding hydrogens is 262 g/mol. The zero-order chi connectivity index (χ0) is 14.4. The molecular formula is C18H17NO2. The van der Waals surface area contributed by atoms with Crippen molar-refractivity contribution in [1.82, 2.24) is 0 Å². The molecule has 106 valence electrons. The van der Waals surface area contributed by atoms with Crippen molar-refractivity contribution in [3.63, 3.8) is 0 Å². The Morgan fingerprint density at radius 3 is 2.38 bits per heavy atom. The second kappa shape index (κ2) is 4.69. The first kappa shape index (κ1) is 12.6. The first-order valence-electron chi connectivity index (χ1n) is 7.55. The number of hydrogen-bond acceptors (Lipinski definition) is 2. The maximum atomic E-state index is 11.6. The van der Waals surface area contributed by atoms with Crippen LogP contribution in [0.15, 0.2) is 48.5 Å². The van der Waals surface area contributed by atoms with E-state index in [0.717, 1.165) is 24.8 Å². The number of nitrogens with zero attached hydrogens (tertiary/aromatic N) is 1. The van der Waals surface area contributed by atoms with Gasteiger partial charge in [0.2, 0.25) is 6.04 Å². The summed E-state index contributed by atoms with van der Waals surface area (Å²) < 4.78 is 0. The van der Waals surface area contributed by atoms with Crippen LogP contribution < -0.4 is 0 Å². The van der Waals surface area contributed by atoms with Gasteiger partial charge in [-0.15, -0.1) is 0 Å². The molecule has 3 nitrogen and oxygen atoms in total. The van der Waals surface area contributed by atoms with Crippen LogP contribution in [0, 0.1) is 16.0 Å². The van der Waals surface area contributed by atoms with E-state index in [0.29, 0.717) is 5.92 Å². The van der Waals surface area contributed by atoms with Crippen LogP contribution in [0.1, 0.15) is 40.6 Å². The van der Waals surface area contributed by atoms with E-state index < -0.39 is 6.04 Å². The minimum Gasteiger partial charge on any atom is -0.264 e.